The van der Waals surface area contributed by atoms with Gasteiger partial charge < -0.3 is 10.2 Å². The fourth-order valence-electron chi connectivity index (χ4n) is 2.69. The van der Waals surface area contributed by atoms with Crippen LogP contribution >= 0.6 is 15.9 Å². The summed E-state index contributed by atoms with van der Waals surface area (Å²) in [4.78, 5) is 13.0. The molecule has 0 radical (unpaired) electrons. The van der Waals surface area contributed by atoms with Gasteiger partial charge in [0.1, 0.15) is 0 Å². The van der Waals surface area contributed by atoms with Gasteiger partial charge in [-0.1, -0.05) is 0 Å². The lowest BCUT2D eigenvalue weighted by atomic mass is 9.98. The molecular weight excluding hydrogens is 322 g/mol. The van der Waals surface area contributed by atoms with Crippen LogP contribution in [0.15, 0.2) is 16.6 Å². The number of anilines is 1. The average molecular weight is 342 g/mol. The van der Waals surface area contributed by atoms with Crippen molar-refractivity contribution >= 4 is 27.3 Å². The number of nitrogens with zero attached hydrogens (tertiary/aromatic N) is 2. The zero-order valence-electron chi connectivity index (χ0n) is 11.9. The van der Waals surface area contributed by atoms with Crippen LogP contribution in [0.25, 0.3) is 0 Å². The number of benzene rings is 1. The summed E-state index contributed by atoms with van der Waals surface area (Å²) in [6, 6.07) is 3.42. The monoisotopic (exact) mass is 341 g/mol. The molecule has 6 heteroatoms. The standard InChI is InChI=1S/C14H20BrN3O2/c1-10-6-12(15)13(7-14(10)18(19)20)16-8-11-4-3-5-17(2)9-11/h6-7,11,16H,3-5,8-9H2,1-2H3. The molecule has 2 rings (SSSR count). The Morgan fingerprint density at radius 1 is 1.55 bits per heavy atom. The number of hydrogen-bond acceptors (Lipinski definition) is 4. The molecule has 1 aliphatic heterocycles. The molecule has 1 unspecified atom stereocenters. The van der Waals surface area contributed by atoms with Gasteiger partial charge in [-0.25, -0.2) is 0 Å². The van der Waals surface area contributed by atoms with Gasteiger partial charge in [0.25, 0.3) is 5.69 Å². The number of nitro benzene ring substituents is 1. The second kappa shape index (κ2) is 6.54. The summed E-state index contributed by atoms with van der Waals surface area (Å²) in [6.45, 7) is 4.85. The zero-order chi connectivity index (χ0) is 14.7. The maximum absolute atomic E-state index is 11.0. The molecule has 5 nitrogen and oxygen atoms in total. The van der Waals surface area contributed by atoms with Crippen LogP contribution in [0.4, 0.5) is 11.4 Å². The van der Waals surface area contributed by atoms with E-state index in [2.05, 4.69) is 33.2 Å². The maximum Gasteiger partial charge on any atom is 0.274 e. The summed E-state index contributed by atoms with van der Waals surface area (Å²) in [5.74, 6) is 0.598. The minimum absolute atomic E-state index is 0.163. The lowest BCUT2D eigenvalue weighted by Crippen LogP contribution is -2.35. The van der Waals surface area contributed by atoms with Crippen molar-refractivity contribution in [2.75, 3.05) is 32.0 Å². The summed E-state index contributed by atoms with van der Waals surface area (Å²) < 4.78 is 0.879. The van der Waals surface area contributed by atoms with E-state index in [-0.39, 0.29) is 10.6 Å². The van der Waals surface area contributed by atoms with E-state index in [0.29, 0.717) is 11.5 Å². The van der Waals surface area contributed by atoms with E-state index in [1.54, 1.807) is 19.1 Å². The molecule has 1 atom stereocenters. The average Bonchev–Trinajstić information content (AvgIpc) is 2.37. The highest BCUT2D eigenvalue weighted by Gasteiger charge is 2.18. The van der Waals surface area contributed by atoms with E-state index in [9.17, 15) is 10.1 Å². The molecule has 1 saturated heterocycles. The van der Waals surface area contributed by atoms with Crippen LogP contribution < -0.4 is 5.32 Å². The van der Waals surface area contributed by atoms with Gasteiger partial charge in [-0.15, -0.1) is 0 Å². The lowest BCUT2D eigenvalue weighted by Gasteiger charge is -2.30. The van der Waals surface area contributed by atoms with Gasteiger partial charge in [0.05, 0.1) is 10.6 Å². The molecule has 1 heterocycles. The molecule has 0 amide bonds. The summed E-state index contributed by atoms with van der Waals surface area (Å²) in [7, 11) is 2.14. The summed E-state index contributed by atoms with van der Waals surface area (Å²) in [5, 5.41) is 14.3. The Balaban J connectivity index is 2.05. The predicted octanol–water partition coefficient (Wildman–Crippen LogP) is 3.42. The van der Waals surface area contributed by atoms with E-state index < -0.39 is 0 Å². The van der Waals surface area contributed by atoms with Crippen molar-refractivity contribution in [3.8, 4) is 0 Å². The number of halogens is 1. The first-order valence-corrected chi connectivity index (χ1v) is 7.63. The Hall–Kier alpha value is -1.14. The quantitative estimate of drug-likeness (QED) is 0.673. The zero-order valence-corrected chi connectivity index (χ0v) is 13.4. The number of likely N-dealkylation sites (tertiary alicyclic amines) is 1. The highest BCUT2D eigenvalue weighted by molar-refractivity contribution is 9.10. The van der Waals surface area contributed by atoms with Crippen LogP contribution in [-0.4, -0.2) is 36.5 Å². The van der Waals surface area contributed by atoms with Crippen LogP contribution in [0.1, 0.15) is 18.4 Å². The Kier molecular flexibility index (Phi) is 4.99. The third-order valence-electron chi connectivity index (χ3n) is 3.79. The van der Waals surface area contributed by atoms with Crippen molar-refractivity contribution in [3.05, 3.63) is 32.3 Å². The van der Waals surface area contributed by atoms with Crippen LogP contribution in [-0.2, 0) is 0 Å². The van der Waals surface area contributed by atoms with Gasteiger partial charge in [-0.3, -0.25) is 10.1 Å². The molecule has 0 saturated carbocycles. The Morgan fingerprint density at radius 3 is 2.95 bits per heavy atom. The molecule has 0 bridgehead atoms. The second-order valence-corrected chi connectivity index (χ2v) is 6.38. The van der Waals surface area contributed by atoms with Crippen LogP contribution in [0, 0.1) is 23.0 Å². The predicted molar refractivity (Wildman–Crippen MR) is 84.2 cm³/mol. The molecule has 110 valence electrons. The summed E-state index contributed by atoms with van der Waals surface area (Å²) in [5.41, 5.74) is 1.64. The van der Waals surface area contributed by atoms with E-state index in [1.165, 1.54) is 12.8 Å². The number of hydrogen-bond donors (Lipinski definition) is 1. The molecule has 1 N–H and O–H groups in total. The van der Waals surface area contributed by atoms with Gasteiger partial charge >= 0.3 is 0 Å². The number of nitro groups is 1. The topological polar surface area (TPSA) is 58.4 Å². The van der Waals surface area contributed by atoms with Crippen LogP contribution in [0.5, 0.6) is 0 Å². The number of piperidine rings is 1. The molecular formula is C14H20BrN3O2. The van der Waals surface area contributed by atoms with Crippen molar-refractivity contribution in [3.63, 3.8) is 0 Å². The van der Waals surface area contributed by atoms with Crippen molar-refractivity contribution in [2.45, 2.75) is 19.8 Å². The van der Waals surface area contributed by atoms with Crippen molar-refractivity contribution in [1.82, 2.24) is 4.90 Å². The summed E-state index contributed by atoms with van der Waals surface area (Å²) in [6.07, 6.45) is 2.43. The highest BCUT2D eigenvalue weighted by atomic mass is 79.9. The smallest absolute Gasteiger partial charge is 0.274 e. The van der Waals surface area contributed by atoms with E-state index in [1.807, 2.05) is 0 Å². The molecule has 1 aromatic rings. The first-order valence-electron chi connectivity index (χ1n) is 6.84. The molecule has 20 heavy (non-hydrogen) atoms. The number of aryl methyl sites for hydroxylation is 1. The molecule has 0 aliphatic carbocycles. The van der Waals surface area contributed by atoms with Gasteiger partial charge in [-0.05, 0) is 61.3 Å². The molecule has 1 fully saturated rings. The second-order valence-electron chi connectivity index (χ2n) is 5.53. The maximum atomic E-state index is 11.0. The van der Waals surface area contributed by atoms with Gasteiger partial charge in [-0.2, -0.15) is 0 Å². The minimum Gasteiger partial charge on any atom is -0.384 e. The molecule has 1 aromatic carbocycles. The van der Waals surface area contributed by atoms with Crippen LogP contribution in [0.2, 0.25) is 0 Å². The highest BCUT2D eigenvalue weighted by Crippen LogP contribution is 2.31. The van der Waals surface area contributed by atoms with Gasteiger partial charge in [0.2, 0.25) is 0 Å². The first-order chi connectivity index (χ1) is 9.47. The van der Waals surface area contributed by atoms with E-state index in [4.69, 9.17) is 0 Å². The lowest BCUT2D eigenvalue weighted by molar-refractivity contribution is -0.385. The van der Waals surface area contributed by atoms with Crippen molar-refractivity contribution < 1.29 is 4.92 Å². The molecule has 1 aliphatic rings. The fourth-order valence-corrected chi connectivity index (χ4v) is 3.29. The van der Waals surface area contributed by atoms with Gasteiger partial charge in [0, 0.05) is 29.2 Å². The van der Waals surface area contributed by atoms with E-state index >= 15 is 0 Å². The van der Waals surface area contributed by atoms with Gasteiger partial charge in [0.15, 0.2) is 0 Å². The van der Waals surface area contributed by atoms with Crippen LogP contribution in [0.3, 0.4) is 0 Å². The normalized spacial score (nSPS) is 19.9. The van der Waals surface area contributed by atoms with Crippen molar-refractivity contribution in [1.29, 1.82) is 0 Å². The third-order valence-corrected chi connectivity index (χ3v) is 4.44. The largest absolute Gasteiger partial charge is 0.384 e. The molecule has 0 aromatic heterocycles. The summed E-state index contributed by atoms with van der Waals surface area (Å²) >= 11 is 3.47. The Bertz CT molecular complexity index is 507. The Morgan fingerprint density at radius 2 is 2.30 bits per heavy atom. The number of nitrogens with one attached hydrogen (secondary N) is 1. The number of rotatable bonds is 4. The minimum atomic E-state index is -0.332. The Labute approximate surface area is 127 Å². The first kappa shape index (κ1) is 15.3. The molecule has 0 spiro atoms. The van der Waals surface area contributed by atoms with Crippen molar-refractivity contribution in [2.24, 2.45) is 5.92 Å². The fraction of sp³-hybridized carbons (Fsp3) is 0.571. The van der Waals surface area contributed by atoms with E-state index in [0.717, 1.165) is 29.8 Å². The third kappa shape index (κ3) is 3.70. The SMILES string of the molecule is Cc1cc(Br)c(NCC2CCCN(C)C2)cc1[N+](=O)[O-].